The molecule has 0 aromatic heterocycles. The molecule has 0 fully saturated rings. The topological polar surface area (TPSA) is 38.3 Å². The molecular weight excluding hydrogens is 197 g/mol. The molecule has 1 N–H and O–H groups in total. The lowest BCUT2D eigenvalue weighted by Gasteiger charge is -2.07. The van der Waals surface area contributed by atoms with Crippen molar-refractivity contribution >= 4 is 11.6 Å². The number of carbonyl (C=O) groups excluding carboxylic acids is 1. The number of amides is 1. The first-order valence-corrected chi connectivity index (χ1v) is 4.89. The van der Waals surface area contributed by atoms with E-state index in [-0.39, 0.29) is 11.7 Å². The molecule has 1 amide bonds. The van der Waals surface area contributed by atoms with Crippen molar-refractivity contribution < 1.29 is 13.9 Å². The quantitative estimate of drug-likeness (QED) is 0.831. The number of rotatable bonds is 4. The van der Waals surface area contributed by atoms with Crippen molar-refractivity contribution in [1.82, 2.24) is 0 Å². The normalized spacial score (nSPS) is 9.80. The molecule has 0 radical (unpaired) electrons. The van der Waals surface area contributed by atoms with Gasteiger partial charge in [0, 0.05) is 18.2 Å². The number of hydrogen-bond donors (Lipinski definition) is 1. The van der Waals surface area contributed by atoms with Crippen LogP contribution in [0.2, 0.25) is 0 Å². The average molecular weight is 211 g/mol. The molecular formula is C11H14FNO2. The third-order valence-electron chi connectivity index (χ3n) is 1.84. The molecule has 0 unspecified atom stereocenters. The molecule has 4 heteroatoms. The lowest BCUT2D eigenvalue weighted by Crippen LogP contribution is -2.09. The van der Waals surface area contributed by atoms with E-state index in [0.29, 0.717) is 18.7 Å². The Bertz CT molecular complexity index is 352. The summed E-state index contributed by atoms with van der Waals surface area (Å²) in [6.45, 7) is 3.93. The minimum absolute atomic E-state index is 0.140. The van der Waals surface area contributed by atoms with E-state index in [4.69, 9.17) is 4.74 Å². The minimum Gasteiger partial charge on any atom is -0.491 e. The van der Waals surface area contributed by atoms with Crippen molar-refractivity contribution in [2.75, 3.05) is 11.9 Å². The molecule has 0 bridgehead atoms. The molecule has 0 spiro atoms. The van der Waals surface area contributed by atoms with Gasteiger partial charge in [-0.25, -0.2) is 4.39 Å². The van der Waals surface area contributed by atoms with Gasteiger partial charge < -0.3 is 10.1 Å². The van der Waals surface area contributed by atoms with Crippen molar-refractivity contribution in [3.63, 3.8) is 0 Å². The van der Waals surface area contributed by atoms with Crippen molar-refractivity contribution in [3.05, 3.63) is 24.0 Å². The highest BCUT2D eigenvalue weighted by molar-refractivity contribution is 5.90. The van der Waals surface area contributed by atoms with Gasteiger partial charge in [-0.1, -0.05) is 6.92 Å². The summed E-state index contributed by atoms with van der Waals surface area (Å²) in [6.07, 6.45) is 0.370. The van der Waals surface area contributed by atoms with Crippen LogP contribution in [0.15, 0.2) is 18.2 Å². The molecule has 0 saturated carbocycles. The van der Waals surface area contributed by atoms with E-state index < -0.39 is 5.82 Å². The second kappa shape index (κ2) is 5.34. The Morgan fingerprint density at radius 3 is 2.73 bits per heavy atom. The lowest BCUT2D eigenvalue weighted by molar-refractivity contribution is -0.115. The van der Waals surface area contributed by atoms with Crippen molar-refractivity contribution in [1.29, 1.82) is 0 Å². The summed E-state index contributed by atoms with van der Waals surface area (Å²) in [6, 6.07) is 4.37. The average Bonchev–Trinajstić information content (AvgIpc) is 2.22. The fraction of sp³-hybridized carbons (Fsp3) is 0.364. The highest BCUT2D eigenvalue weighted by Crippen LogP contribution is 2.21. The van der Waals surface area contributed by atoms with Gasteiger partial charge in [-0.3, -0.25) is 4.79 Å². The van der Waals surface area contributed by atoms with Gasteiger partial charge in [0.25, 0.3) is 0 Å². The highest BCUT2D eigenvalue weighted by Gasteiger charge is 2.05. The lowest BCUT2D eigenvalue weighted by atomic mass is 10.3. The first kappa shape index (κ1) is 11.5. The van der Waals surface area contributed by atoms with Crippen LogP contribution in [0.3, 0.4) is 0 Å². The number of carbonyl (C=O) groups is 1. The maximum Gasteiger partial charge on any atom is 0.224 e. The van der Waals surface area contributed by atoms with E-state index in [2.05, 4.69) is 5.32 Å². The Morgan fingerprint density at radius 2 is 2.20 bits per heavy atom. The van der Waals surface area contributed by atoms with Crippen LogP contribution < -0.4 is 10.1 Å². The van der Waals surface area contributed by atoms with Crippen LogP contribution in [0.1, 0.15) is 20.3 Å². The fourth-order valence-corrected chi connectivity index (χ4v) is 1.10. The van der Waals surface area contributed by atoms with Crippen LogP contribution in [0.4, 0.5) is 10.1 Å². The zero-order valence-corrected chi connectivity index (χ0v) is 8.84. The smallest absolute Gasteiger partial charge is 0.224 e. The van der Waals surface area contributed by atoms with Crippen LogP contribution in [-0.2, 0) is 4.79 Å². The van der Waals surface area contributed by atoms with Gasteiger partial charge in [-0.2, -0.15) is 0 Å². The Labute approximate surface area is 88.2 Å². The maximum atomic E-state index is 13.3. The van der Waals surface area contributed by atoms with Crippen molar-refractivity contribution in [2.24, 2.45) is 0 Å². The third kappa shape index (κ3) is 3.23. The summed E-state index contributed by atoms with van der Waals surface area (Å²) in [5, 5.41) is 2.57. The molecule has 0 heterocycles. The fourth-order valence-electron chi connectivity index (χ4n) is 1.10. The molecule has 0 aliphatic carbocycles. The van der Waals surface area contributed by atoms with Crippen molar-refractivity contribution in [2.45, 2.75) is 20.3 Å². The van der Waals surface area contributed by atoms with Crippen LogP contribution in [0.25, 0.3) is 0 Å². The molecule has 1 aromatic rings. The van der Waals surface area contributed by atoms with Gasteiger partial charge in [0.1, 0.15) is 0 Å². The standard InChI is InChI=1S/C11H14FNO2/c1-3-11(14)13-8-5-6-10(15-4-2)9(12)7-8/h5-7H,3-4H2,1-2H3,(H,13,14). The van der Waals surface area contributed by atoms with Crippen molar-refractivity contribution in [3.8, 4) is 5.75 Å². The maximum absolute atomic E-state index is 13.3. The number of benzene rings is 1. The summed E-state index contributed by atoms with van der Waals surface area (Å²) in [5.41, 5.74) is 0.447. The molecule has 0 atom stereocenters. The molecule has 3 nitrogen and oxygen atoms in total. The zero-order chi connectivity index (χ0) is 11.3. The Morgan fingerprint density at radius 1 is 1.47 bits per heavy atom. The van der Waals surface area contributed by atoms with E-state index in [9.17, 15) is 9.18 Å². The van der Waals surface area contributed by atoms with Gasteiger partial charge in [0.2, 0.25) is 5.91 Å². The van der Waals surface area contributed by atoms with E-state index in [1.165, 1.54) is 12.1 Å². The summed E-state index contributed by atoms with van der Waals surface area (Å²) in [5.74, 6) is -0.406. The second-order valence-electron chi connectivity index (χ2n) is 2.98. The summed E-state index contributed by atoms with van der Waals surface area (Å²) >= 11 is 0. The van der Waals surface area contributed by atoms with E-state index >= 15 is 0 Å². The molecule has 1 aromatic carbocycles. The van der Waals surface area contributed by atoms with Crippen LogP contribution >= 0.6 is 0 Å². The first-order chi connectivity index (χ1) is 7.17. The largest absolute Gasteiger partial charge is 0.491 e. The second-order valence-corrected chi connectivity index (χ2v) is 2.98. The molecule has 0 aliphatic heterocycles. The molecule has 1 rings (SSSR count). The van der Waals surface area contributed by atoms with E-state index in [0.717, 1.165) is 0 Å². The number of nitrogens with one attached hydrogen (secondary N) is 1. The van der Waals surface area contributed by atoms with Gasteiger partial charge in [-0.05, 0) is 19.1 Å². The SMILES string of the molecule is CCOc1ccc(NC(=O)CC)cc1F. The highest BCUT2D eigenvalue weighted by atomic mass is 19.1. The number of halogens is 1. The molecule has 82 valence electrons. The number of anilines is 1. The summed E-state index contributed by atoms with van der Waals surface area (Å²) in [4.78, 5) is 11.0. The van der Waals surface area contributed by atoms with Crippen LogP contribution in [-0.4, -0.2) is 12.5 Å². The summed E-state index contributed by atoms with van der Waals surface area (Å²) < 4.78 is 18.4. The van der Waals surface area contributed by atoms with Gasteiger partial charge in [0.05, 0.1) is 6.61 Å². The molecule has 15 heavy (non-hydrogen) atoms. The number of ether oxygens (including phenoxy) is 1. The Hall–Kier alpha value is -1.58. The third-order valence-corrected chi connectivity index (χ3v) is 1.84. The van der Waals surface area contributed by atoms with E-state index in [1.54, 1.807) is 19.9 Å². The summed E-state index contributed by atoms with van der Waals surface area (Å²) in [7, 11) is 0. The van der Waals surface area contributed by atoms with Gasteiger partial charge >= 0.3 is 0 Å². The minimum atomic E-state index is -0.467. The van der Waals surface area contributed by atoms with Gasteiger partial charge in [0.15, 0.2) is 11.6 Å². The monoisotopic (exact) mass is 211 g/mol. The van der Waals surface area contributed by atoms with E-state index in [1.807, 2.05) is 0 Å². The molecule has 0 saturated heterocycles. The van der Waals surface area contributed by atoms with Crippen LogP contribution in [0.5, 0.6) is 5.75 Å². The molecule has 0 aliphatic rings. The first-order valence-electron chi connectivity index (χ1n) is 4.89. The zero-order valence-electron chi connectivity index (χ0n) is 8.84. The van der Waals surface area contributed by atoms with Crippen LogP contribution in [0, 0.1) is 5.82 Å². The predicted octanol–water partition coefficient (Wildman–Crippen LogP) is 2.57. The Kier molecular flexibility index (Phi) is 4.09. The Balaban J connectivity index is 2.77. The predicted molar refractivity (Wildman–Crippen MR) is 56.5 cm³/mol. The van der Waals surface area contributed by atoms with Gasteiger partial charge in [-0.15, -0.1) is 0 Å². The number of hydrogen-bond acceptors (Lipinski definition) is 2.